The van der Waals surface area contributed by atoms with Crippen molar-refractivity contribution in [1.29, 1.82) is 0 Å². The molecule has 2 amide bonds. The molecule has 156 valence electrons. The van der Waals surface area contributed by atoms with Crippen molar-refractivity contribution in [2.45, 2.75) is 52.6 Å². The fourth-order valence-electron chi connectivity index (χ4n) is 3.71. The number of carbonyl (C=O) groups is 2. The van der Waals surface area contributed by atoms with Gasteiger partial charge in [-0.3, -0.25) is 4.79 Å². The number of likely N-dealkylation sites (tertiary alicyclic amines) is 1. The molecular formula is C20H32N4O3S. The molecule has 2 fully saturated rings. The molecule has 0 spiro atoms. The fraction of sp³-hybridized carbons (Fsp3) is 0.750. The zero-order chi connectivity index (χ0) is 20.3. The van der Waals surface area contributed by atoms with Gasteiger partial charge in [-0.25, -0.2) is 9.78 Å². The Balaban J connectivity index is 1.49. The second kappa shape index (κ2) is 8.68. The van der Waals surface area contributed by atoms with Gasteiger partial charge in [0.25, 0.3) is 0 Å². The fourth-order valence-corrected chi connectivity index (χ4v) is 4.57. The number of hydrogen-bond donors (Lipinski definition) is 0. The molecule has 2 saturated heterocycles. The molecule has 2 aliphatic rings. The van der Waals surface area contributed by atoms with Gasteiger partial charge in [0, 0.05) is 50.6 Å². The average Bonchev–Trinajstić information content (AvgIpc) is 2.92. The van der Waals surface area contributed by atoms with Crippen molar-refractivity contribution in [3.63, 3.8) is 0 Å². The normalized spacial score (nSPS) is 19.5. The van der Waals surface area contributed by atoms with Crippen molar-refractivity contribution >= 4 is 28.5 Å². The van der Waals surface area contributed by atoms with Gasteiger partial charge in [-0.2, -0.15) is 0 Å². The number of rotatable bonds is 2. The molecule has 8 heteroatoms. The number of piperidine rings is 1. The van der Waals surface area contributed by atoms with Crippen molar-refractivity contribution < 1.29 is 14.3 Å². The number of hydrogen-bond acceptors (Lipinski definition) is 6. The summed E-state index contributed by atoms with van der Waals surface area (Å²) < 4.78 is 5.44. The Morgan fingerprint density at radius 1 is 1.07 bits per heavy atom. The highest BCUT2D eigenvalue weighted by Crippen LogP contribution is 2.24. The highest BCUT2D eigenvalue weighted by atomic mass is 32.1. The molecule has 0 aromatic carbocycles. The van der Waals surface area contributed by atoms with Gasteiger partial charge < -0.3 is 19.4 Å². The van der Waals surface area contributed by atoms with E-state index in [-0.39, 0.29) is 17.9 Å². The third kappa shape index (κ3) is 5.37. The summed E-state index contributed by atoms with van der Waals surface area (Å²) in [6.07, 6.45) is 2.11. The molecular weight excluding hydrogens is 376 g/mol. The van der Waals surface area contributed by atoms with Crippen LogP contribution in [0.2, 0.25) is 0 Å². The minimum absolute atomic E-state index is 0.00680. The van der Waals surface area contributed by atoms with Gasteiger partial charge in [0.1, 0.15) is 5.60 Å². The van der Waals surface area contributed by atoms with Crippen LogP contribution in [0.1, 0.15) is 45.7 Å². The molecule has 0 unspecified atom stereocenters. The van der Waals surface area contributed by atoms with Crippen molar-refractivity contribution in [1.82, 2.24) is 14.8 Å². The molecule has 3 heterocycles. The lowest BCUT2D eigenvalue weighted by Gasteiger charge is -2.34. The smallest absolute Gasteiger partial charge is 0.410 e. The monoisotopic (exact) mass is 408 g/mol. The van der Waals surface area contributed by atoms with E-state index in [4.69, 9.17) is 4.74 Å². The summed E-state index contributed by atoms with van der Waals surface area (Å²) in [6.45, 7) is 12.1. The Bertz CT molecular complexity index is 692. The van der Waals surface area contributed by atoms with Crippen LogP contribution >= 0.6 is 11.3 Å². The second-order valence-corrected chi connectivity index (χ2v) is 9.52. The lowest BCUT2D eigenvalue weighted by atomic mass is 9.95. The summed E-state index contributed by atoms with van der Waals surface area (Å²) in [6, 6.07) is 0. The molecule has 0 aliphatic carbocycles. The van der Waals surface area contributed by atoms with E-state index in [1.165, 1.54) is 0 Å². The Morgan fingerprint density at radius 3 is 2.39 bits per heavy atom. The third-order valence-corrected chi connectivity index (χ3v) is 6.20. The van der Waals surface area contributed by atoms with Crippen LogP contribution in [-0.4, -0.2) is 71.7 Å². The predicted octanol–water partition coefficient (Wildman–Crippen LogP) is 3.14. The second-order valence-electron chi connectivity index (χ2n) is 8.68. The van der Waals surface area contributed by atoms with E-state index in [1.807, 2.05) is 32.6 Å². The van der Waals surface area contributed by atoms with Crippen LogP contribution in [0.15, 0.2) is 5.38 Å². The van der Waals surface area contributed by atoms with Gasteiger partial charge in [-0.05, 0) is 47.0 Å². The Kier molecular flexibility index (Phi) is 6.47. The minimum atomic E-state index is -0.488. The van der Waals surface area contributed by atoms with Crippen LogP contribution in [0.5, 0.6) is 0 Å². The van der Waals surface area contributed by atoms with Crippen LogP contribution in [0.4, 0.5) is 9.93 Å². The van der Waals surface area contributed by atoms with E-state index in [2.05, 4.69) is 15.3 Å². The highest BCUT2D eigenvalue weighted by molar-refractivity contribution is 7.13. The van der Waals surface area contributed by atoms with Crippen LogP contribution in [0.25, 0.3) is 0 Å². The minimum Gasteiger partial charge on any atom is -0.444 e. The number of amides is 2. The quantitative estimate of drug-likeness (QED) is 0.752. The molecule has 0 N–H and O–H groups in total. The molecule has 0 radical (unpaired) electrons. The summed E-state index contributed by atoms with van der Waals surface area (Å²) >= 11 is 1.67. The Morgan fingerprint density at radius 2 is 1.79 bits per heavy atom. The Labute approximate surface area is 171 Å². The van der Waals surface area contributed by atoms with Crippen molar-refractivity contribution in [3.8, 4) is 0 Å². The number of ether oxygens (including phenoxy) is 1. The largest absolute Gasteiger partial charge is 0.444 e. The summed E-state index contributed by atoms with van der Waals surface area (Å²) in [5.74, 6) is 0.244. The first-order valence-corrected chi connectivity index (χ1v) is 11.0. The van der Waals surface area contributed by atoms with Crippen molar-refractivity contribution in [2.24, 2.45) is 5.92 Å². The zero-order valence-electron chi connectivity index (χ0n) is 17.4. The summed E-state index contributed by atoms with van der Waals surface area (Å²) in [4.78, 5) is 35.8. The number of anilines is 1. The zero-order valence-corrected chi connectivity index (χ0v) is 18.3. The lowest BCUT2D eigenvalue weighted by molar-refractivity contribution is -0.136. The maximum Gasteiger partial charge on any atom is 0.410 e. The maximum atomic E-state index is 13.0. The molecule has 2 aliphatic heterocycles. The maximum absolute atomic E-state index is 13.0. The van der Waals surface area contributed by atoms with Crippen LogP contribution in [-0.2, 0) is 9.53 Å². The molecule has 0 bridgehead atoms. The van der Waals surface area contributed by atoms with Gasteiger partial charge >= 0.3 is 6.09 Å². The van der Waals surface area contributed by atoms with Crippen molar-refractivity contribution in [3.05, 3.63) is 11.1 Å². The summed E-state index contributed by atoms with van der Waals surface area (Å²) in [7, 11) is 0. The average molecular weight is 409 g/mol. The first kappa shape index (κ1) is 20.9. The number of carbonyl (C=O) groups excluding carboxylic acids is 2. The molecule has 1 aromatic heterocycles. The summed E-state index contributed by atoms with van der Waals surface area (Å²) in [5, 5.41) is 3.12. The summed E-state index contributed by atoms with van der Waals surface area (Å²) in [5.41, 5.74) is 0.561. The highest BCUT2D eigenvalue weighted by Gasteiger charge is 2.32. The van der Waals surface area contributed by atoms with Crippen molar-refractivity contribution in [2.75, 3.05) is 44.2 Å². The van der Waals surface area contributed by atoms with E-state index in [1.54, 1.807) is 16.2 Å². The number of aromatic nitrogens is 1. The molecule has 0 saturated carbocycles. The Hall–Kier alpha value is -1.83. The number of nitrogens with zero attached hydrogens (tertiary/aromatic N) is 4. The van der Waals surface area contributed by atoms with E-state index in [0.717, 1.165) is 43.4 Å². The molecule has 28 heavy (non-hydrogen) atoms. The van der Waals surface area contributed by atoms with Crippen LogP contribution < -0.4 is 4.90 Å². The van der Waals surface area contributed by atoms with E-state index >= 15 is 0 Å². The topological polar surface area (TPSA) is 66.0 Å². The van der Waals surface area contributed by atoms with E-state index in [9.17, 15) is 9.59 Å². The van der Waals surface area contributed by atoms with Gasteiger partial charge in [0.05, 0.1) is 5.69 Å². The molecule has 0 atom stereocenters. The van der Waals surface area contributed by atoms with E-state index in [0.29, 0.717) is 25.9 Å². The van der Waals surface area contributed by atoms with Gasteiger partial charge in [0.15, 0.2) is 5.13 Å². The predicted molar refractivity (Wildman–Crippen MR) is 111 cm³/mol. The van der Waals surface area contributed by atoms with Gasteiger partial charge in [-0.15, -0.1) is 11.3 Å². The SMILES string of the molecule is Cc1csc(N2CCCN(C(=O)C3CCN(C(=O)OC(C)(C)C)CC3)CC2)n1. The van der Waals surface area contributed by atoms with Gasteiger partial charge in [-0.1, -0.05) is 0 Å². The number of thiazole rings is 1. The molecule has 3 rings (SSSR count). The van der Waals surface area contributed by atoms with Gasteiger partial charge in [0.2, 0.25) is 5.91 Å². The number of aryl methyl sites for hydroxylation is 1. The van der Waals surface area contributed by atoms with E-state index < -0.39 is 5.60 Å². The molecule has 1 aromatic rings. The first-order chi connectivity index (χ1) is 13.2. The first-order valence-electron chi connectivity index (χ1n) is 10.2. The van der Waals surface area contributed by atoms with Crippen LogP contribution in [0.3, 0.4) is 0 Å². The standard InChI is InChI=1S/C20H32N4O3S/c1-15-14-28-18(21-15)23-9-5-8-22(12-13-23)17(25)16-6-10-24(11-7-16)19(26)27-20(2,3)4/h14,16H,5-13H2,1-4H3. The lowest BCUT2D eigenvalue weighted by Crippen LogP contribution is -2.46. The van der Waals surface area contributed by atoms with Crippen LogP contribution in [0, 0.1) is 12.8 Å². The third-order valence-electron chi connectivity index (χ3n) is 5.18. The molecule has 7 nitrogen and oxygen atoms in total.